The Morgan fingerprint density at radius 1 is 0.382 bits per heavy atom. The summed E-state index contributed by atoms with van der Waals surface area (Å²) < 4.78 is 2.85. The Kier molecular flexibility index (Phi) is 25.1. The smallest absolute Gasteiger partial charge is 0.160 e. The van der Waals surface area contributed by atoms with E-state index < -0.39 is 0 Å². The Morgan fingerprint density at radius 2 is 0.662 bits per heavy atom. The number of rotatable bonds is 34. The standard InChI is InChI=1S/C60H90O2S6/c1-39(2)17-13-21-43(9)25-29-63-59(64-30-26-44(10)22-14-18-40(3)4)55-49-35-52-50(36-51(49)57-53(55)33-47(37-61)67-57)56(54-34-48(38-62)68-58(52)54)60(65-31-27-45(11)23-15-19-41(5)6)66-32-28-46(12)24-16-20-42(7)8/h33-46H,13-32H2,1-12H3. The highest BCUT2D eigenvalue weighted by atomic mass is 32.2. The predicted octanol–water partition coefficient (Wildman–Crippen LogP) is 21.2. The van der Waals surface area contributed by atoms with Crippen LogP contribution in [0.2, 0.25) is 0 Å². The molecule has 8 heteroatoms. The molecule has 0 spiro atoms. The van der Waals surface area contributed by atoms with Crippen LogP contribution in [0.15, 0.2) is 32.7 Å². The number of thiophene rings is 2. The van der Waals surface area contributed by atoms with E-state index in [9.17, 15) is 9.59 Å². The summed E-state index contributed by atoms with van der Waals surface area (Å²) in [5.41, 5.74) is 10.4. The van der Waals surface area contributed by atoms with Gasteiger partial charge in [-0.3, -0.25) is 9.59 Å². The highest BCUT2D eigenvalue weighted by Crippen LogP contribution is 2.59. The van der Waals surface area contributed by atoms with E-state index in [0.717, 1.165) is 69.0 Å². The van der Waals surface area contributed by atoms with Crippen molar-refractivity contribution in [3.05, 3.63) is 64.7 Å². The molecular weight excluding hydrogens is 945 g/mol. The minimum absolute atomic E-state index is 0.705. The highest BCUT2D eigenvalue weighted by Gasteiger charge is 2.36. The second-order valence-corrected chi connectivity index (χ2v) is 29.7. The second kappa shape index (κ2) is 29.5. The molecule has 0 N–H and O–H groups in total. The summed E-state index contributed by atoms with van der Waals surface area (Å²) in [4.78, 5) is 29.3. The molecule has 2 heterocycles. The first-order chi connectivity index (χ1) is 32.6. The number of carbonyl (C=O) groups excluding carboxylic acids is 2. The molecule has 2 aliphatic rings. The molecule has 0 saturated heterocycles. The number of benzene rings is 1. The van der Waals surface area contributed by atoms with Gasteiger partial charge < -0.3 is 0 Å². The Balaban J connectivity index is 1.56. The van der Waals surface area contributed by atoms with E-state index in [2.05, 4.69) is 154 Å². The van der Waals surface area contributed by atoms with Gasteiger partial charge in [-0.1, -0.05) is 160 Å². The van der Waals surface area contributed by atoms with Crippen molar-refractivity contribution >= 4 is 93.4 Å². The van der Waals surface area contributed by atoms with E-state index in [1.807, 2.05) is 0 Å². The maximum Gasteiger partial charge on any atom is 0.160 e. The number of hydrogen-bond acceptors (Lipinski definition) is 8. The quantitative estimate of drug-likeness (QED) is 0.0382. The van der Waals surface area contributed by atoms with Crippen LogP contribution in [0.4, 0.5) is 0 Å². The molecule has 2 aromatic heterocycles. The normalized spacial score (nSPS) is 14.8. The monoisotopic (exact) mass is 1030 g/mol. The van der Waals surface area contributed by atoms with Crippen molar-refractivity contribution in [2.45, 2.75) is 186 Å². The van der Waals surface area contributed by atoms with Crippen molar-refractivity contribution in [2.24, 2.45) is 47.3 Å². The number of fused-ring (bicyclic) bond motifs is 6. The van der Waals surface area contributed by atoms with Gasteiger partial charge in [0.1, 0.15) is 0 Å². The zero-order chi connectivity index (χ0) is 49.3. The maximum atomic E-state index is 12.6. The van der Waals surface area contributed by atoms with Crippen molar-refractivity contribution in [1.82, 2.24) is 0 Å². The van der Waals surface area contributed by atoms with Crippen LogP contribution in [0.5, 0.6) is 0 Å². The Labute approximate surface area is 441 Å². The molecule has 4 unspecified atom stereocenters. The Hall–Kier alpha value is -1.16. The zero-order valence-electron chi connectivity index (χ0n) is 44.5. The third-order valence-corrected chi connectivity index (χ3v) is 21.4. The number of thioether (sulfide) groups is 4. The van der Waals surface area contributed by atoms with Crippen LogP contribution in [-0.2, 0) is 0 Å². The largest absolute Gasteiger partial charge is 0.297 e. The van der Waals surface area contributed by atoms with Crippen molar-refractivity contribution in [1.29, 1.82) is 0 Å². The van der Waals surface area contributed by atoms with Gasteiger partial charge >= 0.3 is 0 Å². The Bertz CT molecular complexity index is 1890. The fourth-order valence-electron chi connectivity index (χ4n) is 9.69. The molecule has 0 aliphatic heterocycles. The summed E-state index contributed by atoms with van der Waals surface area (Å²) in [5.74, 6) is 10.3. The lowest BCUT2D eigenvalue weighted by molar-refractivity contribution is 0.111. The first-order valence-corrected chi connectivity index (χ1v) is 32.5. The van der Waals surface area contributed by atoms with Gasteiger partial charge in [-0.25, -0.2) is 0 Å². The van der Waals surface area contributed by atoms with Gasteiger partial charge in [-0.15, -0.1) is 69.7 Å². The summed E-state index contributed by atoms with van der Waals surface area (Å²) in [6.45, 7) is 28.5. The molecule has 3 aromatic rings. The van der Waals surface area contributed by atoms with Crippen LogP contribution >= 0.6 is 69.7 Å². The van der Waals surface area contributed by atoms with E-state index in [4.69, 9.17) is 0 Å². The minimum atomic E-state index is 0.705. The molecular formula is C60H90O2S6. The maximum absolute atomic E-state index is 12.6. The summed E-state index contributed by atoms with van der Waals surface area (Å²) in [6, 6.07) is 9.40. The molecule has 2 aliphatic carbocycles. The van der Waals surface area contributed by atoms with E-state index in [0.29, 0.717) is 23.7 Å². The predicted molar refractivity (Wildman–Crippen MR) is 316 cm³/mol. The van der Waals surface area contributed by atoms with Gasteiger partial charge in [0.25, 0.3) is 0 Å². The van der Waals surface area contributed by atoms with E-state index in [1.165, 1.54) is 165 Å². The molecule has 0 radical (unpaired) electrons. The molecule has 0 fully saturated rings. The van der Waals surface area contributed by atoms with Crippen LogP contribution in [-0.4, -0.2) is 35.6 Å². The molecule has 5 rings (SSSR count). The van der Waals surface area contributed by atoms with Gasteiger partial charge in [-0.05, 0) is 131 Å². The third-order valence-electron chi connectivity index (χ3n) is 14.2. The second-order valence-electron chi connectivity index (χ2n) is 22.6. The van der Waals surface area contributed by atoms with Crippen molar-refractivity contribution in [3.8, 4) is 20.9 Å². The van der Waals surface area contributed by atoms with Gasteiger partial charge in [0.15, 0.2) is 12.6 Å². The molecule has 2 nitrogen and oxygen atoms in total. The topological polar surface area (TPSA) is 34.1 Å². The highest BCUT2D eigenvalue weighted by molar-refractivity contribution is 8.23. The summed E-state index contributed by atoms with van der Waals surface area (Å²) >= 11 is 11.6. The molecule has 1 aromatic carbocycles. The fourth-order valence-corrected chi connectivity index (χ4v) is 17.7. The van der Waals surface area contributed by atoms with E-state index >= 15 is 0 Å². The van der Waals surface area contributed by atoms with E-state index in [-0.39, 0.29) is 0 Å². The lowest BCUT2D eigenvalue weighted by Crippen LogP contribution is -2.00. The average molecular weight is 1040 g/mol. The van der Waals surface area contributed by atoms with Gasteiger partial charge in [0.2, 0.25) is 0 Å². The third kappa shape index (κ3) is 17.5. The number of carbonyl (C=O) groups is 2. The van der Waals surface area contributed by atoms with Crippen LogP contribution in [0.3, 0.4) is 0 Å². The minimum Gasteiger partial charge on any atom is -0.297 e. The average Bonchev–Trinajstić information content (AvgIpc) is 4.03. The molecule has 0 amide bonds. The lowest BCUT2D eigenvalue weighted by Gasteiger charge is -2.18. The zero-order valence-corrected chi connectivity index (χ0v) is 49.4. The molecule has 378 valence electrons. The number of aldehydes is 2. The van der Waals surface area contributed by atoms with Crippen LogP contribution in [0, 0.1) is 47.3 Å². The first kappa shape index (κ1) is 57.7. The summed E-state index contributed by atoms with van der Waals surface area (Å²) in [6.07, 6.45) is 22.7. The molecule has 0 bridgehead atoms. The van der Waals surface area contributed by atoms with E-state index in [1.54, 1.807) is 22.7 Å². The van der Waals surface area contributed by atoms with Gasteiger partial charge in [-0.2, -0.15) is 0 Å². The number of hydrogen-bond donors (Lipinski definition) is 0. The summed E-state index contributed by atoms with van der Waals surface area (Å²) in [7, 11) is 0. The van der Waals surface area contributed by atoms with Crippen molar-refractivity contribution in [3.63, 3.8) is 0 Å². The fraction of sp³-hybridized carbons (Fsp3) is 0.667. The molecule has 4 atom stereocenters. The molecule has 68 heavy (non-hydrogen) atoms. The van der Waals surface area contributed by atoms with Crippen molar-refractivity contribution < 1.29 is 9.59 Å². The SMILES string of the molecule is CC(C)CCCC(C)CCSC(SCCC(C)CCCC(C)C)=C1c2cc3c(cc2-c2sc(C=O)cc21)C(=C(SCCC(C)CCCC(C)C)SCCC(C)CCCC(C)C)c1cc(C=O)sc1-3. The van der Waals surface area contributed by atoms with Gasteiger partial charge in [0, 0.05) is 51.6 Å². The van der Waals surface area contributed by atoms with Gasteiger partial charge in [0.05, 0.1) is 9.75 Å². The van der Waals surface area contributed by atoms with Crippen LogP contribution in [0.25, 0.3) is 32.0 Å². The Morgan fingerprint density at radius 3 is 0.912 bits per heavy atom. The van der Waals surface area contributed by atoms with Crippen molar-refractivity contribution in [2.75, 3.05) is 23.0 Å². The van der Waals surface area contributed by atoms with Crippen LogP contribution in [0.1, 0.15) is 227 Å². The molecule has 0 saturated carbocycles. The first-order valence-electron chi connectivity index (χ1n) is 27.0. The lowest BCUT2D eigenvalue weighted by atomic mass is 9.98. The summed E-state index contributed by atoms with van der Waals surface area (Å²) in [5, 5.41) is 0. The van der Waals surface area contributed by atoms with Crippen LogP contribution < -0.4 is 0 Å².